The largest absolute Gasteiger partial charge is 0.465 e. The molecule has 28 heavy (non-hydrogen) atoms. The van der Waals surface area contributed by atoms with Crippen molar-refractivity contribution in [2.75, 3.05) is 14.2 Å². The maximum Gasteiger partial charge on any atom is 0.341 e. The van der Waals surface area contributed by atoms with E-state index >= 15 is 0 Å². The SMILES string of the molecule is COC(=O)c1cc(Br)cnc1Cl.COC(=O)c1cc(C2C=CCC2)cnc1Cl. The molecule has 0 aromatic carbocycles. The summed E-state index contributed by atoms with van der Waals surface area (Å²) in [6.45, 7) is 0. The molecule has 0 fully saturated rings. The summed E-state index contributed by atoms with van der Waals surface area (Å²) in [7, 11) is 2.63. The highest BCUT2D eigenvalue weighted by Crippen LogP contribution is 2.29. The molecule has 1 atom stereocenters. The van der Waals surface area contributed by atoms with Gasteiger partial charge in [0.2, 0.25) is 0 Å². The van der Waals surface area contributed by atoms with Crippen molar-refractivity contribution in [2.24, 2.45) is 0 Å². The summed E-state index contributed by atoms with van der Waals surface area (Å²) in [4.78, 5) is 30.2. The second-order valence-corrected chi connectivity index (χ2v) is 7.33. The Morgan fingerprint density at radius 3 is 2.14 bits per heavy atom. The Labute approximate surface area is 181 Å². The van der Waals surface area contributed by atoms with E-state index in [2.05, 4.69) is 47.5 Å². The summed E-state index contributed by atoms with van der Waals surface area (Å²) in [6.07, 6.45) is 9.62. The van der Waals surface area contributed by atoms with E-state index in [1.54, 1.807) is 18.3 Å². The molecule has 9 heteroatoms. The Morgan fingerprint density at radius 2 is 1.61 bits per heavy atom. The van der Waals surface area contributed by atoms with Gasteiger partial charge in [-0.05, 0) is 46.5 Å². The van der Waals surface area contributed by atoms with Crippen molar-refractivity contribution in [1.29, 1.82) is 0 Å². The first-order valence-electron chi connectivity index (χ1n) is 8.17. The third kappa shape index (κ3) is 5.77. The number of methoxy groups -OCH3 is 2. The van der Waals surface area contributed by atoms with E-state index < -0.39 is 11.9 Å². The van der Waals surface area contributed by atoms with Gasteiger partial charge in [0.1, 0.15) is 10.3 Å². The van der Waals surface area contributed by atoms with E-state index in [0.29, 0.717) is 16.0 Å². The number of carbonyl (C=O) groups is 2. The zero-order chi connectivity index (χ0) is 20.7. The first-order valence-corrected chi connectivity index (χ1v) is 9.72. The molecule has 0 saturated carbocycles. The first-order chi connectivity index (χ1) is 13.4. The average Bonchev–Trinajstić information content (AvgIpc) is 3.24. The summed E-state index contributed by atoms with van der Waals surface area (Å²) >= 11 is 14.6. The molecule has 0 spiro atoms. The van der Waals surface area contributed by atoms with Gasteiger partial charge in [0.05, 0.1) is 25.3 Å². The molecule has 2 aromatic rings. The number of carbonyl (C=O) groups excluding carboxylic acids is 2. The minimum atomic E-state index is -0.492. The van der Waals surface area contributed by atoms with Crippen LogP contribution in [0, 0.1) is 0 Å². The van der Waals surface area contributed by atoms with Crippen molar-refractivity contribution in [1.82, 2.24) is 9.97 Å². The minimum absolute atomic E-state index is 0.144. The third-order valence-corrected chi connectivity index (χ3v) is 4.95. The van der Waals surface area contributed by atoms with E-state index in [4.69, 9.17) is 23.2 Å². The van der Waals surface area contributed by atoms with E-state index in [1.807, 2.05) is 0 Å². The molecule has 2 aromatic heterocycles. The summed E-state index contributed by atoms with van der Waals surface area (Å²) in [6, 6.07) is 3.32. The van der Waals surface area contributed by atoms with Crippen LogP contribution in [0.25, 0.3) is 0 Å². The number of ether oxygens (including phenoxy) is 2. The highest BCUT2D eigenvalue weighted by Gasteiger charge is 2.17. The normalized spacial score (nSPS) is 14.8. The number of esters is 2. The molecule has 1 unspecified atom stereocenters. The monoisotopic (exact) mass is 486 g/mol. The van der Waals surface area contributed by atoms with E-state index in [-0.39, 0.29) is 15.9 Å². The molecule has 6 nitrogen and oxygen atoms in total. The van der Waals surface area contributed by atoms with Gasteiger partial charge >= 0.3 is 11.9 Å². The fraction of sp³-hybridized carbons (Fsp3) is 0.263. The lowest BCUT2D eigenvalue weighted by atomic mass is 9.99. The number of rotatable bonds is 3. The van der Waals surface area contributed by atoms with Crippen molar-refractivity contribution in [3.05, 3.63) is 68.1 Å². The van der Waals surface area contributed by atoms with Gasteiger partial charge in [-0.2, -0.15) is 0 Å². The van der Waals surface area contributed by atoms with Crippen LogP contribution in [0.2, 0.25) is 10.3 Å². The van der Waals surface area contributed by atoms with Crippen molar-refractivity contribution in [2.45, 2.75) is 18.8 Å². The van der Waals surface area contributed by atoms with Crippen LogP contribution in [-0.2, 0) is 9.47 Å². The highest BCUT2D eigenvalue weighted by atomic mass is 79.9. The van der Waals surface area contributed by atoms with Crippen molar-refractivity contribution in [3.63, 3.8) is 0 Å². The van der Waals surface area contributed by atoms with Gasteiger partial charge in [-0.3, -0.25) is 0 Å². The number of hydrogen-bond donors (Lipinski definition) is 0. The first kappa shape index (κ1) is 22.3. The number of halogens is 3. The second kappa shape index (κ2) is 10.5. The molecule has 0 N–H and O–H groups in total. The predicted octanol–water partition coefficient (Wildman–Crippen LogP) is 5.24. The van der Waals surface area contributed by atoms with Crippen LogP contribution in [0.15, 0.2) is 41.2 Å². The van der Waals surface area contributed by atoms with Crippen LogP contribution in [0.4, 0.5) is 0 Å². The van der Waals surface area contributed by atoms with Crippen LogP contribution < -0.4 is 0 Å². The molecule has 3 rings (SSSR count). The van der Waals surface area contributed by atoms with Gasteiger partial charge < -0.3 is 9.47 Å². The maximum absolute atomic E-state index is 11.4. The molecule has 2 heterocycles. The Bertz CT molecular complexity index is 905. The van der Waals surface area contributed by atoms with E-state index in [9.17, 15) is 9.59 Å². The Balaban J connectivity index is 0.000000209. The average molecular weight is 488 g/mol. The van der Waals surface area contributed by atoms with Gasteiger partial charge in [-0.25, -0.2) is 19.6 Å². The topological polar surface area (TPSA) is 78.4 Å². The fourth-order valence-electron chi connectivity index (χ4n) is 2.51. The van der Waals surface area contributed by atoms with E-state index in [1.165, 1.54) is 20.4 Å². The minimum Gasteiger partial charge on any atom is -0.465 e. The van der Waals surface area contributed by atoms with Crippen molar-refractivity contribution in [3.8, 4) is 0 Å². The smallest absolute Gasteiger partial charge is 0.341 e. The van der Waals surface area contributed by atoms with Crippen molar-refractivity contribution < 1.29 is 19.1 Å². The molecule has 0 saturated heterocycles. The molecular weight excluding hydrogens is 471 g/mol. The number of hydrogen-bond acceptors (Lipinski definition) is 6. The summed E-state index contributed by atoms with van der Waals surface area (Å²) in [5.41, 5.74) is 1.61. The number of aromatic nitrogens is 2. The zero-order valence-corrected chi connectivity index (χ0v) is 18.2. The number of allylic oxidation sites excluding steroid dienone is 2. The molecular formula is C19H17BrCl2N2O4. The van der Waals surface area contributed by atoms with E-state index in [0.717, 1.165) is 18.4 Å². The van der Waals surface area contributed by atoms with Crippen LogP contribution in [0.3, 0.4) is 0 Å². The summed E-state index contributed by atoms with van der Waals surface area (Å²) in [5.74, 6) is -0.594. The third-order valence-electron chi connectivity index (χ3n) is 3.92. The lowest BCUT2D eigenvalue weighted by Gasteiger charge is -2.09. The Hall–Kier alpha value is -1.96. The number of nitrogens with zero attached hydrogens (tertiary/aromatic N) is 2. The number of pyridine rings is 2. The quantitative estimate of drug-likeness (QED) is 0.334. The van der Waals surface area contributed by atoms with Gasteiger partial charge in [0.25, 0.3) is 0 Å². The molecule has 148 valence electrons. The molecule has 1 aliphatic rings. The zero-order valence-electron chi connectivity index (χ0n) is 15.1. The van der Waals surface area contributed by atoms with Crippen LogP contribution in [0.5, 0.6) is 0 Å². The van der Waals surface area contributed by atoms with Gasteiger partial charge in [0.15, 0.2) is 0 Å². The van der Waals surface area contributed by atoms with Crippen LogP contribution in [0.1, 0.15) is 45.0 Å². The predicted molar refractivity (Wildman–Crippen MR) is 110 cm³/mol. The molecule has 1 aliphatic carbocycles. The van der Waals surface area contributed by atoms with Gasteiger partial charge in [0, 0.05) is 22.8 Å². The van der Waals surface area contributed by atoms with Gasteiger partial charge in [-0.15, -0.1) is 0 Å². The van der Waals surface area contributed by atoms with Crippen LogP contribution >= 0.6 is 39.1 Å². The lowest BCUT2D eigenvalue weighted by molar-refractivity contribution is 0.0591. The van der Waals surface area contributed by atoms with Crippen molar-refractivity contribution >= 4 is 51.1 Å². The second-order valence-electron chi connectivity index (χ2n) is 5.69. The summed E-state index contributed by atoms with van der Waals surface area (Å²) in [5, 5.41) is 0.336. The maximum atomic E-state index is 11.4. The Morgan fingerprint density at radius 1 is 1.04 bits per heavy atom. The Kier molecular flexibility index (Phi) is 8.41. The molecule has 0 bridgehead atoms. The molecule has 0 amide bonds. The molecule has 0 aliphatic heterocycles. The molecule has 0 radical (unpaired) electrons. The standard InChI is InChI=1S/C12H12ClNO2.C7H5BrClNO2/c1-16-12(15)10-6-9(7-14-11(10)13)8-4-2-3-5-8;1-12-7(11)5-2-4(8)3-10-6(5)9/h2,4,6-8H,3,5H2,1H3;2-3H,1H3. The van der Waals surface area contributed by atoms with Crippen LogP contribution in [-0.4, -0.2) is 36.1 Å². The highest BCUT2D eigenvalue weighted by molar-refractivity contribution is 9.10. The van der Waals surface area contributed by atoms with Gasteiger partial charge in [-0.1, -0.05) is 35.4 Å². The summed E-state index contributed by atoms with van der Waals surface area (Å²) < 4.78 is 9.83. The fourth-order valence-corrected chi connectivity index (χ4v) is 3.20. The lowest BCUT2D eigenvalue weighted by Crippen LogP contribution is -2.05.